The van der Waals surface area contributed by atoms with E-state index in [2.05, 4.69) is 10.1 Å². The Labute approximate surface area is 177 Å². The van der Waals surface area contributed by atoms with Crippen molar-refractivity contribution in [3.05, 3.63) is 46.6 Å². The van der Waals surface area contributed by atoms with Crippen molar-refractivity contribution in [1.29, 1.82) is 0 Å². The van der Waals surface area contributed by atoms with Crippen molar-refractivity contribution in [2.75, 3.05) is 31.1 Å². The van der Waals surface area contributed by atoms with Gasteiger partial charge in [-0.05, 0) is 31.4 Å². The number of carbonyl (C=O) groups excluding carboxylic acids is 1. The van der Waals surface area contributed by atoms with Crippen molar-refractivity contribution in [2.45, 2.75) is 25.4 Å². The van der Waals surface area contributed by atoms with Crippen LogP contribution in [0.2, 0.25) is 0 Å². The van der Waals surface area contributed by atoms with E-state index in [0.717, 1.165) is 12.1 Å². The molecule has 3 aromatic heterocycles. The summed E-state index contributed by atoms with van der Waals surface area (Å²) in [6.45, 7) is 1.82. The van der Waals surface area contributed by atoms with Crippen LogP contribution in [0.4, 0.5) is 15.9 Å². The van der Waals surface area contributed by atoms with E-state index < -0.39 is 6.17 Å². The number of hydrogen-bond acceptors (Lipinski definition) is 6. The van der Waals surface area contributed by atoms with Gasteiger partial charge in [0, 0.05) is 44.3 Å². The Balaban J connectivity index is 1.49. The van der Waals surface area contributed by atoms with E-state index in [-0.39, 0.29) is 18.1 Å². The zero-order valence-corrected chi connectivity index (χ0v) is 17.2. The summed E-state index contributed by atoms with van der Waals surface area (Å²) in [6, 6.07) is 5.35. The number of aromatic nitrogens is 4. The molecule has 1 saturated heterocycles. The van der Waals surface area contributed by atoms with Crippen LogP contribution in [0.15, 0.2) is 35.4 Å². The number of carbonyl (C=O) groups is 1. The molecule has 162 valence electrons. The second-order valence-corrected chi connectivity index (χ2v) is 7.91. The first kappa shape index (κ1) is 19.5. The highest BCUT2D eigenvalue weighted by Crippen LogP contribution is 2.35. The van der Waals surface area contributed by atoms with Crippen molar-refractivity contribution in [3.63, 3.8) is 0 Å². The second kappa shape index (κ2) is 7.68. The number of nitrogens with zero attached hydrogens (tertiary/aromatic N) is 6. The summed E-state index contributed by atoms with van der Waals surface area (Å²) < 4.78 is 22.4. The monoisotopic (exact) mass is 426 g/mol. The number of halogens is 1. The Morgan fingerprint density at radius 2 is 2.13 bits per heavy atom. The standard InChI is InChI=1S/C21H23FN6O3/c1-25-21(30)28-8-5-16(11-18(28)24-25)27-7-3-9-31-17-10-14(12-23-19(17)27)20(29)26-6-2-4-15(22)13-26/h5,8,10-12,15H,2-4,6-7,9,13H2,1H3/t15-/m0/s1. The first-order valence-corrected chi connectivity index (χ1v) is 10.4. The largest absolute Gasteiger partial charge is 0.490 e. The van der Waals surface area contributed by atoms with Gasteiger partial charge in [-0.25, -0.2) is 18.9 Å². The predicted molar refractivity (Wildman–Crippen MR) is 112 cm³/mol. The maximum absolute atomic E-state index is 13.7. The lowest BCUT2D eigenvalue weighted by Crippen LogP contribution is -2.40. The van der Waals surface area contributed by atoms with Gasteiger partial charge in [-0.2, -0.15) is 5.10 Å². The maximum Gasteiger partial charge on any atom is 0.350 e. The normalized spacial score (nSPS) is 19.1. The first-order chi connectivity index (χ1) is 15.0. The molecule has 31 heavy (non-hydrogen) atoms. The number of hydrogen-bond donors (Lipinski definition) is 0. The van der Waals surface area contributed by atoms with E-state index in [4.69, 9.17) is 4.74 Å². The summed E-state index contributed by atoms with van der Waals surface area (Å²) in [7, 11) is 1.61. The molecular weight excluding hydrogens is 403 g/mol. The molecule has 0 aliphatic carbocycles. The minimum atomic E-state index is -0.979. The quantitative estimate of drug-likeness (QED) is 0.623. The molecule has 1 atom stereocenters. The van der Waals surface area contributed by atoms with Crippen LogP contribution in [-0.2, 0) is 7.05 Å². The third-order valence-electron chi connectivity index (χ3n) is 5.74. The maximum atomic E-state index is 13.7. The van der Waals surface area contributed by atoms with Gasteiger partial charge < -0.3 is 14.5 Å². The second-order valence-electron chi connectivity index (χ2n) is 7.91. The van der Waals surface area contributed by atoms with Crippen LogP contribution in [0.25, 0.3) is 5.65 Å². The van der Waals surface area contributed by atoms with E-state index in [1.54, 1.807) is 24.2 Å². The molecule has 1 fully saturated rings. The van der Waals surface area contributed by atoms with E-state index in [1.807, 2.05) is 17.0 Å². The fraction of sp³-hybridized carbons (Fsp3) is 0.429. The molecule has 9 nitrogen and oxygen atoms in total. The summed E-state index contributed by atoms with van der Waals surface area (Å²) >= 11 is 0. The highest BCUT2D eigenvalue weighted by atomic mass is 19.1. The van der Waals surface area contributed by atoms with Gasteiger partial charge in [0.1, 0.15) is 6.17 Å². The van der Waals surface area contributed by atoms with Crippen LogP contribution < -0.4 is 15.3 Å². The van der Waals surface area contributed by atoms with E-state index in [1.165, 1.54) is 15.3 Å². The highest BCUT2D eigenvalue weighted by molar-refractivity contribution is 5.95. The van der Waals surface area contributed by atoms with Crippen LogP contribution >= 0.6 is 0 Å². The molecule has 0 saturated carbocycles. The van der Waals surface area contributed by atoms with Gasteiger partial charge in [0.25, 0.3) is 5.91 Å². The minimum absolute atomic E-state index is 0.117. The number of alkyl halides is 1. The summed E-state index contributed by atoms with van der Waals surface area (Å²) in [5, 5.41) is 4.25. The smallest absolute Gasteiger partial charge is 0.350 e. The van der Waals surface area contributed by atoms with E-state index in [0.29, 0.717) is 55.3 Å². The lowest BCUT2D eigenvalue weighted by atomic mass is 10.1. The minimum Gasteiger partial charge on any atom is -0.490 e. The molecule has 5 rings (SSSR count). The number of rotatable bonds is 2. The topological polar surface area (TPSA) is 85.0 Å². The van der Waals surface area contributed by atoms with Gasteiger partial charge in [0.15, 0.2) is 17.2 Å². The SMILES string of the molecule is Cn1nc2cc(N3CCCOc4cc(C(=O)N5CCC[C@H](F)C5)cnc43)ccn2c1=O. The molecule has 2 aliphatic rings. The van der Waals surface area contributed by atoms with Crippen molar-refractivity contribution < 1.29 is 13.9 Å². The molecule has 0 radical (unpaired) electrons. The predicted octanol–water partition coefficient (Wildman–Crippen LogP) is 1.92. The van der Waals surface area contributed by atoms with Crippen molar-refractivity contribution in [2.24, 2.45) is 7.05 Å². The van der Waals surface area contributed by atoms with Crippen molar-refractivity contribution >= 4 is 23.1 Å². The molecule has 0 aromatic carbocycles. The molecule has 0 bridgehead atoms. The Hall–Kier alpha value is -3.43. The zero-order valence-electron chi connectivity index (χ0n) is 17.2. The van der Waals surface area contributed by atoms with Gasteiger partial charge in [0.05, 0.1) is 18.7 Å². The molecule has 0 N–H and O–H groups in total. The summed E-state index contributed by atoms with van der Waals surface area (Å²) in [6.07, 6.45) is 4.15. The lowest BCUT2D eigenvalue weighted by molar-refractivity contribution is 0.0635. The third-order valence-corrected chi connectivity index (χ3v) is 5.74. The number of ether oxygens (including phenoxy) is 1. The summed E-state index contributed by atoms with van der Waals surface area (Å²) in [5.41, 5.74) is 1.54. The number of aryl methyl sites for hydroxylation is 1. The van der Waals surface area contributed by atoms with Gasteiger partial charge in [-0.15, -0.1) is 0 Å². The average molecular weight is 426 g/mol. The van der Waals surface area contributed by atoms with Gasteiger partial charge in [0.2, 0.25) is 0 Å². The Morgan fingerprint density at radius 3 is 2.97 bits per heavy atom. The van der Waals surface area contributed by atoms with Crippen LogP contribution in [0.5, 0.6) is 5.75 Å². The van der Waals surface area contributed by atoms with E-state index in [9.17, 15) is 14.0 Å². The number of fused-ring (bicyclic) bond motifs is 2. The molecule has 10 heteroatoms. The molecule has 0 unspecified atom stereocenters. The molecule has 2 aliphatic heterocycles. The fourth-order valence-electron chi connectivity index (χ4n) is 4.15. The third kappa shape index (κ3) is 3.51. The van der Waals surface area contributed by atoms with Crippen molar-refractivity contribution in [1.82, 2.24) is 24.1 Å². The zero-order chi connectivity index (χ0) is 21.5. The van der Waals surface area contributed by atoms with Crippen LogP contribution in [-0.4, -0.2) is 62.4 Å². The first-order valence-electron chi connectivity index (χ1n) is 10.4. The lowest BCUT2D eigenvalue weighted by Gasteiger charge is -2.29. The molecule has 0 spiro atoms. The van der Waals surface area contributed by atoms with Crippen LogP contribution in [0.3, 0.4) is 0 Å². The Morgan fingerprint density at radius 1 is 1.26 bits per heavy atom. The highest BCUT2D eigenvalue weighted by Gasteiger charge is 2.27. The van der Waals surface area contributed by atoms with Crippen LogP contribution in [0, 0.1) is 0 Å². The number of pyridine rings is 2. The Kier molecular flexibility index (Phi) is 4.84. The molecule has 3 aromatic rings. The Bertz CT molecular complexity index is 1210. The summed E-state index contributed by atoms with van der Waals surface area (Å²) in [5.74, 6) is 0.875. The van der Waals surface area contributed by atoms with Gasteiger partial charge >= 0.3 is 5.69 Å². The average Bonchev–Trinajstić information content (AvgIpc) is 2.94. The number of amides is 1. The number of likely N-dealkylation sites (tertiary alicyclic amines) is 1. The number of piperidine rings is 1. The number of anilines is 2. The van der Waals surface area contributed by atoms with E-state index >= 15 is 0 Å². The van der Waals surface area contributed by atoms with Gasteiger partial charge in [-0.3, -0.25) is 9.20 Å². The van der Waals surface area contributed by atoms with Gasteiger partial charge in [-0.1, -0.05) is 0 Å². The van der Waals surface area contributed by atoms with Crippen molar-refractivity contribution in [3.8, 4) is 5.75 Å². The molecular formula is C21H23FN6O3. The molecule has 1 amide bonds. The summed E-state index contributed by atoms with van der Waals surface area (Å²) in [4.78, 5) is 33.0. The molecule has 5 heterocycles. The fourth-order valence-corrected chi connectivity index (χ4v) is 4.15. The van der Waals surface area contributed by atoms with Crippen LogP contribution in [0.1, 0.15) is 29.6 Å².